The van der Waals surface area contributed by atoms with Crippen LogP contribution < -0.4 is 10.1 Å². The molecule has 2 N–H and O–H groups in total. The molecule has 21 heavy (non-hydrogen) atoms. The van der Waals surface area contributed by atoms with Crippen molar-refractivity contribution in [2.75, 3.05) is 26.7 Å². The van der Waals surface area contributed by atoms with Crippen LogP contribution in [0.3, 0.4) is 0 Å². The smallest absolute Gasteiger partial charge is 0.239 e. The molecular weight excluding hydrogens is 268 g/mol. The summed E-state index contributed by atoms with van der Waals surface area (Å²) in [5.41, 5.74) is 1.12. The summed E-state index contributed by atoms with van der Waals surface area (Å²) >= 11 is 0. The van der Waals surface area contributed by atoms with E-state index < -0.39 is 6.10 Å². The van der Waals surface area contributed by atoms with Crippen LogP contribution in [0.15, 0.2) is 24.3 Å². The average Bonchev–Trinajstić information content (AvgIpc) is 2.91. The highest BCUT2D eigenvalue weighted by Crippen LogP contribution is 2.16. The minimum Gasteiger partial charge on any atom is -0.493 e. The van der Waals surface area contributed by atoms with Crippen molar-refractivity contribution < 1.29 is 14.6 Å². The SMILES string of the molecule is Cc1ccccc1OCCCN(C)C(=O)[C@H]1C[C@@H](O)CN1. The Morgan fingerprint density at radius 1 is 1.48 bits per heavy atom. The van der Waals surface area contributed by atoms with E-state index in [1.54, 1.807) is 11.9 Å². The first kappa shape index (κ1) is 15.8. The van der Waals surface area contributed by atoms with Gasteiger partial charge in [-0.2, -0.15) is 0 Å². The first-order valence-corrected chi connectivity index (χ1v) is 7.43. The third-order valence-corrected chi connectivity index (χ3v) is 3.77. The highest BCUT2D eigenvalue weighted by Gasteiger charge is 2.29. The quantitative estimate of drug-likeness (QED) is 0.766. The van der Waals surface area contributed by atoms with Crippen LogP contribution in [-0.4, -0.2) is 54.8 Å². The molecule has 0 aliphatic carbocycles. The maximum absolute atomic E-state index is 12.1. The number of rotatable bonds is 6. The molecule has 0 saturated carbocycles. The molecule has 1 aliphatic rings. The van der Waals surface area contributed by atoms with Crippen molar-refractivity contribution in [3.05, 3.63) is 29.8 Å². The zero-order valence-electron chi connectivity index (χ0n) is 12.7. The van der Waals surface area contributed by atoms with Crippen molar-refractivity contribution >= 4 is 5.91 Å². The molecule has 1 fully saturated rings. The van der Waals surface area contributed by atoms with Gasteiger partial charge in [-0.1, -0.05) is 18.2 Å². The molecule has 0 unspecified atom stereocenters. The number of β-amino-alcohol motifs (C(OH)–C–C–N with tert-alkyl or cyclic N) is 1. The lowest BCUT2D eigenvalue weighted by molar-refractivity contribution is -0.132. The zero-order chi connectivity index (χ0) is 15.2. The van der Waals surface area contributed by atoms with E-state index in [0.717, 1.165) is 17.7 Å². The zero-order valence-corrected chi connectivity index (χ0v) is 12.7. The van der Waals surface area contributed by atoms with Crippen molar-refractivity contribution in [2.24, 2.45) is 0 Å². The highest BCUT2D eigenvalue weighted by molar-refractivity contribution is 5.82. The van der Waals surface area contributed by atoms with Crippen molar-refractivity contribution in [3.63, 3.8) is 0 Å². The summed E-state index contributed by atoms with van der Waals surface area (Å²) in [6, 6.07) is 7.66. The Labute approximate surface area is 125 Å². The van der Waals surface area contributed by atoms with Crippen LogP contribution in [0.25, 0.3) is 0 Å². The summed E-state index contributed by atoms with van der Waals surface area (Å²) in [5, 5.41) is 12.5. The molecule has 0 radical (unpaired) electrons. The molecule has 1 aliphatic heterocycles. The minimum atomic E-state index is -0.406. The molecule has 1 aromatic carbocycles. The van der Waals surface area contributed by atoms with E-state index in [1.165, 1.54) is 0 Å². The number of ether oxygens (including phenoxy) is 1. The maximum atomic E-state index is 12.1. The summed E-state index contributed by atoms with van der Waals surface area (Å²) in [6.45, 7) is 3.75. The van der Waals surface area contributed by atoms with Crippen molar-refractivity contribution in [1.29, 1.82) is 0 Å². The number of carbonyl (C=O) groups is 1. The van der Waals surface area contributed by atoms with Crippen LogP contribution in [0.4, 0.5) is 0 Å². The van der Waals surface area contributed by atoms with Gasteiger partial charge in [-0.25, -0.2) is 0 Å². The molecule has 2 rings (SSSR count). The van der Waals surface area contributed by atoms with Crippen LogP contribution in [0, 0.1) is 6.92 Å². The largest absolute Gasteiger partial charge is 0.493 e. The number of hydrogen-bond acceptors (Lipinski definition) is 4. The van der Waals surface area contributed by atoms with E-state index in [0.29, 0.717) is 26.1 Å². The van der Waals surface area contributed by atoms with Crippen molar-refractivity contribution in [3.8, 4) is 5.75 Å². The molecule has 1 amide bonds. The lowest BCUT2D eigenvalue weighted by atomic mass is 10.2. The molecule has 1 heterocycles. The van der Waals surface area contributed by atoms with E-state index in [2.05, 4.69) is 5.32 Å². The lowest BCUT2D eigenvalue weighted by Gasteiger charge is -2.21. The number of para-hydroxylation sites is 1. The number of likely N-dealkylation sites (N-methyl/N-ethyl adjacent to an activating group) is 1. The Hall–Kier alpha value is -1.59. The summed E-state index contributed by atoms with van der Waals surface area (Å²) in [6.07, 6.45) is 0.881. The van der Waals surface area contributed by atoms with E-state index in [1.807, 2.05) is 31.2 Å². The minimum absolute atomic E-state index is 0.0439. The van der Waals surface area contributed by atoms with Gasteiger partial charge in [-0.3, -0.25) is 4.79 Å². The van der Waals surface area contributed by atoms with Gasteiger partial charge in [0.1, 0.15) is 5.75 Å². The Kier molecular flexibility index (Phi) is 5.59. The first-order valence-electron chi connectivity index (χ1n) is 7.43. The van der Waals surface area contributed by atoms with Crippen LogP contribution >= 0.6 is 0 Å². The van der Waals surface area contributed by atoms with Crippen molar-refractivity contribution in [2.45, 2.75) is 31.9 Å². The Morgan fingerprint density at radius 3 is 2.90 bits per heavy atom. The molecule has 1 saturated heterocycles. The molecule has 0 aromatic heterocycles. The molecular formula is C16H24N2O3. The summed E-state index contributed by atoms with van der Waals surface area (Å²) < 4.78 is 5.72. The predicted octanol–water partition coefficient (Wildman–Crippen LogP) is 0.945. The van der Waals surface area contributed by atoms with Gasteiger partial charge < -0.3 is 20.1 Å². The monoisotopic (exact) mass is 292 g/mol. The first-order chi connectivity index (χ1) is 10.1. The Morgan fingerprint density at radius 2 is 2.24 bits per heavy atom. The molecule has 0 spiro atoms. The number of aliphatic hydroxyl groups excluding tert-OH is 1. The Balaban J connectivity index is 1.68. The number of amides is 1. The number of carbonyl (C=O) groups excluding carboxylic acids is 1. The number of hydrogen-bond donors (Lipinski definition) is 2. The summed E-state index contributed by atoms with van der Waals surface area (Å²) in [4.78, 5) is 13.8. The van der Waals surface area contributed by atoms with E-state index in [9.17, 15) is 9.90 Å². The van der Waals surface area contributed by atoms with Gasteiger partial charge in [0.15, 0.2) is 0 Å². The fourth-order valence-electron chi connectivity index (χ4n) is 2.48. The number of benzene rings is 1. The van der Waals surface area contributed by atoms with Gasteiger partial charge in [-0.15, -0.1) is 0 Å². The van der Waals surface area contributed by atoms with Crippen LogP contribution in [-0.2, 0) is 4.79 Å². The molecule has 2 atom stereocenters. The maximum Gasteiger partial charge on any atom is 0.239 e. The number of nitrogens with zero attached hydrogens (tertiary/aromatic N) is 1. The van der Waals surface area contributed by atoms with Gasteiger partial charge >= 0.3 is 0 Å². The topological polar surface area (TPSA) is 61.8 Å². The van der Waals surface area contributed by atoms with Gasteiger partial charge in [0, 0.05) is 20.1 Å². The number of nitrogens with one attached hydrogen (secondary N) is 1. The van der Waals surface area contributed by atoms with Crippen LogP contribution in [0.5, 0.6) is 5.75 Å². The molecule has 5 heteroatoms. The molecule has 116 valence electrons. The predicted molar refractivity (Wildman–Crippen MR) is 81.3 cm³/mol. The normalized spacial score (nSPS) is 21.3. The summed E-state index contributed by atoms with van der Waals surface area (Å²) in [7, 11) is 1.79. The van der Waals surface area contributed by atoms with Crippen molar-refractivity contribution in [1.82, 2.24) is 10.2 Å². The number of aliphatic hydroxyl groups is 1. The van der Waals surface area contributed by atoms with Gasteiger partial charge in [-0.05, 0) is 31.4 Å². The molecule has 1 aromatic rings. The van der Waals surface area contributed by atoms with Gasteiger partial charge in [0.2, 0.25) is 5.91 Å². The fourth-order valence-corrected chi connectivity index (χ4v) is 2.48. The molecule has 0 bridgehead atoms. The van der Waals surface area contributed by atoms with Crippen LogP contribution in [0.2, 0.25) is 0 Å². The lowest BCUT2D eigenvalue weighted by Crippen LogP contribution is -2.42. The van der Waals surface area contributed by atoms with Gasteiger partial charge in [0.25, 0.3) is 0 Å². The fraction of sp³-hybridized carbons (Fsp3) is 0.562. The molecule has 5 nitrogen and oxygen atoms in total. The second-order valence-electron chi connectivity index (χ2n) is 5.58. The van der Waals surface area contributed by atoms with E-state index >= 15 is 0 Å². The number of aryl methyl sites for hydroxylation is 1. The van der Waals surface area contributed by atoms with E-state index in [-0.39, 0.29) is 11.9 Å². The third kappa shape index (κ3) is 4.44. The van der Waals surface area contributed by atoms with Crippen LogP contribution in [0.1, 0.15) is 18.4 Å². The van der Waals surface area contributed by atoms with Gasteiger partial charge in [0.05, 0.1) is 18.8 Å². The summed E-state index contributed by atoms with van der Waals surface area (Å²) in [5.74, 6) is 0.939. The Bertz CT molecular complexity index is 478. The van der Waals surface area contributed by atoms with E-state index in [4.69, 9.17) is 4.74 Å². The highest BCUT2D eigenvalue weighted by atomic mass is 16.5. The standard InChI is InChI=1S/C16H24N2O3/c1-12-6-3-4-7-15(12)21-9-5-8-18(2)16(20)14-10-13(19)11-17-14/h3-4,6-7,13-14,17,19H,5,8-11H2,1-2H3/t13-,14-/m1/s1. The average molecular weight is 292 g/mol. The second-order valence-corrected chi connectivity index (χ2v) is 5.58. The second kappa shape index (κ2) is 7.43. The third-order valence-electron chi connectivity index (χ3n) is 3.77.